The summed E-state index contributed by atoms with van der Waals surface area (Å²) in [4.78, 5) is 2.47. The Labute approximate surface area is 331 Å². The maximum atomic E-state index is 6.80. The summed E-state index contributed by atoms with van der Waals surface area (Å²) in [5, 5.41) is 12.3. The summed E-state index contributed by atoms with van der Waals surface area (Å²) in [6, 6.07) is 66.9. The van der Waals surface area contributed by atoms with Gasteiger partial charge in [-0.25, -0.2) is 0 Å². The predicted octanol–water partition coefficient (Wildman–Crippen LogP) is 15.7. The Morgan fingerprint density at radius 2 is 0.857 bits per heavy atom. The number of hydrogen-bond acceptors (Lipinski definition) is 4. The average Bonchev–Trinajstić information content (AvgIpc) is 3.82. The van der Waals surface area contributed by atoms with Gasteiger partial charge in [0.05, 0.1) is 5.69 Å². The van der Waals surface area contributed by atoms with E-state index in [9.17, 15) is 0 Å². The molecule has 0 aliphatic rings. The molecule has 0 atom stereocenters. The monoisotopic (exact) mass is 748 g/mol. The molecule has 4 heteroatoms. The number of nitrogen functional groups attached to an aromatic ring is 1. The summed E-state index contributed by atoms with van der Waals surface area (Å²) in [7, 11) is 0. The average molecular weight is 749 g/mol. The molecule has 0 saturated heterocycles. The van der Waals surface area contributed by atoms with E-state index in [4.69, 9.17) is 5.73 Å². The third-order valence-electron chi connectivity index (χ3n) is 11.5. The number of hydrogen-bond donors (Lipinski definition) is 1. The molecular formula is C52H32N2S2. The van der Waals surface area contributed by atoms with E-state index in [1.54, 1.807) is 0 Å². The van der Waals surface area contributed by atoms with Crippen LogP contribution in [-0.2, 0) is 0 Å². The number of para-hydroxylation sites is 2. The predicted molar refractivity (Wildman–Crippen MR) is 246 cm³/mol. The van der Waals surface area contributed by atoms with Crippen LogP contribution in [0.2, 0.25) is 0 Å². The Balaban J connectivity index is 1.32. The number of nitrogens with two attached hydrogens (primary N) is 1. The van der Waals surface area contributed by atoms with Crippen molar-refractivity contribution >= 4 is 118 Å². The molecule has 262 valence electrons. The fourth-order valence-electron chi connectivity index (χ4n) is 9.10. The minimum absolute atomic E-state index is 0.794. The summed E-state index contributed by atoms with van der Waals surface area (Å²) in [6.45, 7) is 0. The van der Waals surface area contributed by atoms with Gasteiger partial charge in [-0.1, -0.05) is 115 Å². The summed E-state index contributed by atoms with van der Waals surface area (Å²) in [5.41, 5.74) is 15.7. The van der Waals surface area contributed by atoms with E-state index in [1.165, 1.54) is 89.5 Å². The standard InChI is InChI=1S/C52H32N2S2/c53-43-26-20-31-19-23-40-51-39(25-24-38(43)48(31)51)49(32-21-27-46-41(29-32)36-15-7-9-17-44(36)55-46)50(33-22-28-47-42(30-33)37-16-8-10-18-45(37)56-47)52(40)54(34-11-3-1-4-12-34)35-13-5-2-6-14-35/h1-30H,53H2. The first-order valence-electron chi connectivity index (χ1n) is 19.0. The lowest BCUT2D eigenvalue weighted by molar-refractivity contribution is 1.30. The molecule has 0 aliphatic carbocycles. The summed E-state index contributed by atoms with van der Waals surface area (Å²) < 4.78 is 5.20. The van der Waals surface area contributed by atoms with Crippen LogP contribution in [0.25, 0.3) is 94.9 Å². The van der Waals surface area contributed by atoms with Crippen LogP contribution in [0.4, 0.5) is 22.7 Å². The highest BCUT2D eigenvalue weighted by Gasteiger charge is 2.28. The van der Waals surface area contributed by atoms with E-state index in [-0.39, 0.29) is 0 Å². The topological polar surface area (TPSA) is 29.3 Å². The van der Waals surface area contributed by atoms with E-state index >= 15 is 0 Å². The number of anilines is 4. The zero-order valence-electron chi connectivity index (χ0n) is 30.2. The molecule has 12 aromatic rings. The largest absolute Gasteiger partial charge is 0.398 e. The fourth-order valence-corrected chi connectivity index (χ4v) is 11.3. The van der Waals surface area contributed by atoms with Gasteiger partial charge in [0.25, 0.3) is 0 Å². The Morgan fingerprint density at radius 1 is 0.357 bits per heavy atom. The lowest BCUT2D eigenvalue weighted by Gasteiger charge is -2.32. The molecule has 0 radical (unpaired) electrons. The highest BCUT2D eigenvalue weighted by Crippen LogP contribution is 2.55. The molecule has 12 rings (SSSR count). The van der Waals surface area contributed by atoms with Gasteiger partial charge in [-0.15, -0.1) is 22.7 Å². The quantitative estimate of drug-likeness (QED) is 0.140. The van der Waals surface area contributed by atoms with E-state index < -0.39 is 0 Å². The highest BCUT2D eigenvalue weighted by atomic mass is 32.1. The molecule has 2 heterocycles. The van der Waals surface area contributed by atoms with Crippen LogP contribution in [-0.4, -0.2) is 0 Å². The second-order valence-corrected chi connectivity index (χ2v) is 16.8. The van der Waals surface area contributed by atoms with Crippen LogP contribution in [0.5, 0.6) is 0 Å². The maximum Gasteiger partial charge on any atom is 0.0625 e. The van der Waals surface area contributed by atoms with Gasteiger partial charge in [-0.3, -0.25) is 0 Å². The van der Waals surface area contributed by atoms with Crippen molar-refractivity contribution in [3.05, 3.63) is 182 Å². The van der Waals surface area contributed by atoms with E-state index in [2.05, 4.69) is 181 Å². The Kier molecular flexibility index (Phi) is 6.85. The van der Waals surface area contributed by atoms with Gasteiger partial charge in [-0.05, 0) is 99.6 Å². The van der Waals surface area contributed by atoms with Crippen LogP contribution < -0.4 is 10.6 Å². The van der Waals surface area contributed by atoms with Crippen molar-refractivity contribution in [1.29, 1.82) is 0 Å². The summed E-state index contributed by atoms with van der Waals surface area (Å²) >= 11 is 3.73. The number of nitrogens with zero attached hydrogens (tertiary/aromatic N) is 1. The Morgan fingerprint density at radius 3 is 1.48 bits per heavy atom. The number of rotatable bonds is 5. The molecule has 0 spiro atoms. The zero-order valence-corrected chi connectivity index (χ0v) is 31.8. The molecule has 2 N–H and O–H groups in total. The molecule has 0 amide bonds. The van der Waals surface area contributed by atoms with Crippen molar-refractivity contribution in [3.63, 3.8) is 0 Å². The van der Waals surface area contributed by atoms with Gasteiger partial charge in [0, 0.05) is 79.1 Å². The third kappa shape index (κ3) is 4.61. The molecule has 0 bridgehead atoms. The van der Waals surface area contributed by atoms with Crippen LogP contribution in [0.1, 0.15) is 0 Å². The first-order chi connectivity index (χ1) is 27.7. The van der Waals surface area contributed by atoms with Crippen LogP contribution in [0, 0.1) is 0 Å². The van der Waals surface area contributed by atoms with Crippen LogP contribution >= 0.6 is 22.7 Å². The van der Waals surface area contributed by atoms with Crippen molar-refractivity contribution in [1.82, 2.24) is 0 Å². The lowest BCUT2D eigenvalue weighted by Crippen LogP contribution is -2.13. The lowest BCUT2D eigenvalue weighted by atomic mass is 9.82. The van der Waals surface area contributed by atoms with E-state index in [0.717, 1.165) is 28.1 Å². The first-order valence-corrected chi connectivity index (χ1v) is 20.6. The number of benzene rings is 10. The highest BCUT2D eigenvalue weighted by molar-refractivity contribution is 7.26. The molecule has 56 heavy (non-hydrogen) atoms. The van der Waals surface area contributed by atoms with Gasteiger partial charge in [0.15, 0.2) is 0 Å². The van der Waals surface area contributed by atoms with Crippen molar-refractivity contribution < 1.29 is 0 Å². The van der Waals surface area contributed by atoms with Crippen LogP contribution in [0.15, 0.2) is 182 Å². The SMILES string of the molecule is Nc1ccc2ccc3c(N(c4ccccc4)c4ccccc4)c(-c4ccc5sc6ccccc6c5c4)c(-c4ccc5sc6ccccc6c5c4)c4ccc1c2c43. The van der Waals surface area contributed by atoms with Crippen molar-refractivity contribution in [2.75, 3.05) is 10.6 Å². The normalized spacial score (nSPS) is 12.0. The molecule has 2 nitrogen and oxygen atoms in total. The van der Waals surface area contributed by atoms with Gasteiger partial charge in [0.1, 0.15) is 0 Å². The van der Waals surface area contributed by atoms with E-state index in [1.807, 2.05) is 28.7 Å². The summed E-state index contributed by atoms with van der Waals surface area (Å²) in [5.74, 6) is 0. The van der Waals surface area contributed by atoms with Crippen LogP contribution in [0.3, 0.4) is 0 Å². The minimum atomic E-state index is 0.794. The third-order valence-corrected chi connectivity index (χ3v) is 13.8. The van der Waals surface area contributed by atoms with Gasteiger partial charge in [-0.2, -0.15) is 0 Å². The molecule has 0 unspecified atom stereocenters. The molecule has 0 saturated carbocycles. The fraction of sp³-hybridized carbons (Fsp3) is 0. The summed E-state index contributed by atoms with van der Waals surface area (Å²) in [6.07, 6.45) is 0. The molecule has 2 aromatic heterocycles. The maximum absolute atomic E-state index is 6.80. The second-order valence-electron chi connectivity index (χ2n) is 14.6. The molecular weight excluding hydrogens is 717 g/mol. The van der Waals surface area contributed by atoms with Gasteiger partial charge < -0.3 is 10.6 Å². The van der Waals surface area contributed by atoms with Gasteiger partial charge in [0.2, 0.25) is 0 Å². The Bertz CT molecular complexity index is 3450. The number of thiophene rings is 2. The van der Waals surface area contributed by atoms with Crippen molar-refractivity contribution in [2.45, 2.75) is 0 Å². The number of fused-ring (bicyclic) bond motifs is 6. The molecule has 0 fully saturated rings. The first kappa shape index (κ1) is 31.6. The van der Waals surface area contributed by atoms with Crippen molar-refractivity contribution in [3.8, 4) is 22.3 Å². The molecule has 0 aliphatic heterocycles. The second kappa shape index (κ2) is 12.1. The van der Waals surface area contributed by atoms with Gasteiger partial charge >= 0.3 is 0 Å². The van der Waals surface area contributed by atoms with Crippen molar-refractivity contribution in [2.24, 2.45) is 0 Å². The zero-order chi connectivity index (χ0) is 36.9. The Hall–Kier alpha value is -6.72. The van der Waals surface area contributed by atoms with E-state index in [0.29, 0.717) is 0 Å². The minimum Gasteiger partial charge on any atom is -0.398 e. The smallest absolute Gasteiger partial charge is 0.0625 e. The molecule has 10 aromatic carbocycles.